The van der Waals surface area contributed by atoms with Gasteiger partial charge in [-0.2, -0.15) is 13.2 Å². The van der Waals surface area contributed by atoms with Gasteiger partial charge in [-0.25, -0.2) is 0 Å². The van der Waals surface area contributed by atoms with Crippen LogP contribution < -0.4 is 11.1 Å². The minimum Gasteiger partial charge on any atom is -0.454 e. The highest BCUT2D eigenvalue weighted by atomic mass is 19.4. The molecule has 3 aromatic rings. The molecule has 1 saturated carbocycles. The summed E-state index contributed by atoms with van der Waals surface area (Å²) in [6, 6.07) is 7.88. The maximum absolute atomic E-state index is 13.0. The fourth-order valence-electron chi connectivity index (χ4n) is 3.66. The van der Waals surface area contributed by atoms with Crippen LogP contribution in [0.5, 0.6) is 0 Å². The number of carbonyl (C=O) groups excluding carboxylic acids is 1. The van der Waals surface area contributed by atoms with Gasteiger partial charge in [-0.3, -0.25) is 4.79 Å². The molecule has 30 heavy (non-hydrogen) atoms. The van der Waals surface area contributed by atoms with Gasteiger partial charge in [-0.1, -0.05) is 36.6 Å². The molecule has 0 saturated heterocycles. The highest BCUT2D eigenvalue weighted by Crippen LogP contribution is 2.35. The van der Waals surface area contributed by atoms with Crippen LogP contribution in [0.4, 0.5) is 19.1 Å². The minimum absolute atomic E-state index is 0.0607. The first-order valence-corrected chi connectivity index (χ1v) is 9.67. The molecule has 1 aliphatic rings. The van der Waals surface area contributed by atoms with Crippen LogP contribution in [-0.4, -0.2) is 17.1 Å². The van der Waals surface area contributed by atoms with Gasteiger partial charge in [-0.15, -0.1) is 0 Å². The number of aromatic nitrogens is 1. The molecular formula is C21H20F3N3O3. The topological polar surface area (TPSA) is 94.3 Å². The Morgan fingerprint density at radius 1 is 1.10 bits per heavy atom. The van der Waals surface area contributed by atoms with E-state index >= 15 is 0 Å². The standard InChI is InChI=1S/C21H20F3N3O3/c22-21(23,24)13-6-4-5-12(11-13)15-9-10-16(29-15)18-17(19(25)30-27-18)20(28)26-14-7-2-1-3-8-14/h4-6,9-11,14H,1-3,7-8,25H2,(H,26,28). The molecule has 4 rings (SSSR count). The third-order valence-corrected chi connectivity index (χ3v) is 5.20. The highest BCUT2D eigenvalue weighted by molar-refractivity contribution is 6.03. The van der Waals surface area contributed by atoms with Gasteiger partial charge in [0.05, 0.1) is 5.56 Å². The molecule has 6 nitrogen and oxygen atoms in total. The van der Waals surface area contributed by atoms with Crippen molar-refractivity contribution in [3.05, 3.63) is 47.5 Å². The Labute approximate surface area is 170 Å². The van der Waals surface area contributed by atoms with Crippen LogP contribution >= 0.6 is 0 Å². The van der Waals surface area contributed by atoms with Gasteiger partial charge < -0.3 is 20.0 Å². The van der Waals surface area contributed by atoms with E-state index in [0.29, 0.717) is 0 Å². The van der Waals surface area contributed by atoms with Gasteiger partial charge in [0.1, 0.15) is 11.3 Å². The number of nitrogen functional groups attached to an aromatic ring is 1. The van der Waals surface area contributed by atoms with Gasteiger partial charge in [-0.05, 0) is 37.1 Å². The summed E-state index contributed by atoms with van der Waals surface area (Å²) in [5.41, 5.74) is 5.45. The number of alkyl halides is 3. The summed E-state index contributed by atoms with van der Waals surface area (Å²) in [6.45, 7) is 0. The number of hydrogen-bond donors (Lipinski definition) is 2. The molecule has 0 unspecified atom stereocenters. The molecule has 0 spiro atoms. The molecule has 1 aromatic carbocycles. The number of benzene rings is 1. The number of nitrogens with zero attached hydrogens (tertiary/aromatic N) is 1. The van der Waals surface area contributed by atoms with Gasteiger partial charge in [0.2, 0.25) is 5.88 Å². The molecule has 0 bridgehead atoms. The summed E-state index contributed by atoms with van der Waals surface area (Å²) >= 11 is 0. The zero-order valence-corrected chi connectivity index (χ0v) is 16.0. The SMILES string of the molecule is Nc1onc(-c2ccc(-c3cccc(C(F)(F)F)c3)o2)c1C(=O)NC1CCCCC1. The first-order chi connectivity index (χ1) is 14.3. The first-order valence-electron chi connectivity index (χ1n) is 9.67. The van der Waals surface area contributed by atoms with Crippen LogP contribution in [-0.2, 0) is 6.18 Å². The van der Waals surface area contributed by atoms with Gasteiger partial charge >= 0.3 is 6.18 Å². The molecule has 0 atom stereocenters. The summed E-state index contributed by atoms with van der Waals surface area (Å²) in [5, 5.41) is 6.78. The smallest absolute Gasteiger partial charge is 0.416 e. The number of anilines is 1. The molecule has 2 aromatic heterocycles. The van der Waals surface area contributed by atoms with E-state index in [2.05, 4.69) is 10.5 Å². The van der Waals surface area contributed by atoms with Crippen LogP contribution in [0.2, 0.25) is 0 Å². The number of carbonyl (C=O) groups is 1. The fourth-order valence-corrected chi connectivity index (χ4v) is 3.66. The van der Waals surface area contributed by atoms with Crippen molar-refractivity contribution >= 4 is 11.8 Å². The Kier molecular flexibility index (Phi) is 5.27. The summed E-state index contributed by atoms with van der Waals surface area (Å²) in [6.07, 6.45) is 0.582. The molecule has 2 heterocycles. The second kappa shape index (κ2) is 7.89. The summed E-state index contributed by atoms with van der Waals surface area (Å²) in [5.74, 6) is -0.170. The van der Waals surface area contributed by atoms with Gasteiger partial charge in [0.25, 0.3) is 5.91 Å². The van der Waals surface area contributed by atoms with E-state index in [9.17, 15) is 18.0 Å². The van der Waals surface area contributed by atoms with E-state index in [-0.39, 0.29) is 40.3 Å². The van der Waals surface area contributed by atoms with Crippen molar-refractivity contribution in [2.75, 3.05) is 5.73 Å². The molecule has 3 N–H and O–H groups in total. The Bertz CT molecular complexity index is 1050. The van der Waals surface area contributed by atoms with E-state index in [1.807, 2.05) is 0 Å². The molecule has 158 valence electrons. The second-order valence-corrected chi connectivity index (χ2v) is 7.32. The Morgan fingerprint density at radius 3 is 2.57 bits per heavy atom. The predicted molar refractivity (Wildman–Crippen MR) is 103 cm³/mol. The normalized spacial score (nSPS) is 15.3. The van der Waals surface area contributed by atoms with Crippen molar-refractivity contribution in [3.63, 3.8) is 0 Å². The average Bonchev–Trinajstić information content (AvgIpc) is 3.35. The number of hydrogen-bond acceptors (Lipinski definition) is 5. The lowest BCUT2D eigenvalue weighted by Crippen LogP contribution is -2.36. The molecule has 1 fully saturated rings. The number of halogens is 3. The van der Waals surface area contributed by atoms with Crippen molar-refractivity contribution in [1.82, 2.24) is 10.5 Å². The maximum atomic E-state index is 13.0. The molecule has 1 aliphatic carbocycles. The van der Waals surface area contributed by atoms with Crippen LogP contribution in [0.3, 0.4) is 0 Å². The summed E-state index contributed by atoms with van der Waals surface area (Å²) in [4.78, 5) is 12.8. The lowest BCUT2D eigenvalue weighted by atomic mass is 9.95. The van der Waals surface area contributed by atoms with E-state index in [4.69, 9.17) is 14.7 Å². The van der Waals surface area contributed by atoms with E-state index in [0.717, 1.165) is 44.2 Å². The van der Waals surface area contributed by atoms with Crippen LogP contribution in [0.25, 0.3) is 22.8 Å². The largest absolute Gasteiger partial charge is 0.454 e. The van der Waals surface area contributed by atoms with E-state index < -0.39 is 17.6 Å². The minimum atomic E-state index is -4.46. The maximum Gasteiger partial charge on any atom is 0.416 e. The Hall–Kier alpha value is -3.23. The van der Waals surface area contributed by atoms with Crippen LogP contribution in [0.15, 0.2) is 45.3 Å². The third-order valence-electron chi connectivity index (χ3n) is 5.20. The Morgan fingerprint density at radius 2 is 1.83 bits per heavy atom. The average molecular weight is 419 g/mol. The monoisotopic (exact) mass is 419 g/mol. The zero-order valence-electron chi connectivity index (χ0n) is 16.0. The number of nitrogens with one attached hydrogen (secondary N) is 1. The van der Waals surface area contributed by atoms with Gasteiger partial charge in [0.15, 0.2) is 11.5 Å². The van der Waals surface area contributed by atoms with Crippen molar-refractivity contribution in [2.24, 2.45) is 0 Å². The highest BCUT2D eigenvalue weighted by Gasteiger charge is 2.31. The molecule has 0 aliphatic heterocycles. The number of rotatable bonds is 4. The lowest BCUT2D eigenvalue weighted by Gasteiger charge is -2.22. The quantitative estimate of drug-likeness (QED) is 0.601. The van der Waals surface area contributed by atoms with Crippen molar-refractivity contribution in [3.8, 4) is 22.8 Å². The van der Waals surface area contributed by atoms with Crippen molar-refractivity contribution in [2.45, 2.75) is 44.3 Å². The summed E-state index contributed by atoms with van der Waals surface area (Å²) < 4.78 is 49.6. The molecule has 0 radical (unpaired) electrons. The molecule has 9 heteroatoms. The summed E-state index contributed by atoms with van der Waals surface area (Å²) in [7, 11) is 0. The third kappa shape index (κ3) is 4.05. The Balaban J connectivity index is 1.61. The molecule has 1 amide bonds. The lowest BCUT2D eigenvalue weighted by molar-refractivity contribution is -0.137. The number of furan rings is 1. The van der Waals surface area contributed by atoms with Crippen molar-refractivity contribution in [1.29, 1.82) is 0 Å². The number of nitrogens with two attached hydrogens (primary N) is 1. The fraction of sp³-hybridized carbons (Fsp3) is 0.333. The van der Waals surface area contributed by atoms with E-state index in [1.54, 1.807) is 0 Å². The predicted octanol–water partition coefficient (Wildman–Crippen LogP) is 5.27. The second-order valence-electron chi connectivity index (χ2n) is 7.32. The van der Waals surface area contributed by atoms with Crippen molar-refractivity contribution < 1.29 is 26.9 Å². The zero-order chi connectivity index (χ0) is 21.3. The van der Waals surface area contributed by atoms with Gasteiger partial charge in [0, 0.05) is 11.6 Å². The van der Waals surface area contributed by atoms with Crippen LogP contribution in [0.1, 0.15) is 48.0 Å². The number of amides is 1. The van der Waals surface area contributed by atoms with Crippen LogP contribution in [0, 0.1) is 0 Å². The molecular weight excluding hydrogens is 399 g/mol. The van der Waals surface area contributed by atoms with E-state index in [1.165, 1.54) is 24.3 Å². The first kappa shape index (κ1) is 20.1.